The highest BCUT2D eigenvalue weighted by atomic mass is 16.3. The molecule has 2 aliphatic carbocycles. The summed E-state index contributed by atoms with van der Waals surface area (Å²) in [6.07, 6.45) is 0. The Kier molecular flexibility index (Phi) is 2.83. The molecule has 1 N–H and O–H groups in total. The minimum atomic E-state index is 0.112. The van der Waals surface area contributed by atoms with Crippen LogP contribution in [-0.4, -0.2) is 5.11 Å². The third-order valence-corrected chi connectivity index (χ3v) is 3.27. The van der Waals surface area contributed by atoms with Crippen LogP contribution in [0.4, 0.5) is 0 Å². The van der Waals surface area contributed by atoms with E-state index in [1.165, 1.54) is 16.5 Å². The Labute approximate surface area is 106 Å². The summed E-state index contributed by atoms with van der Waals surface area (Å²) in [7, 11) is 0. The van der Waals surface area contributed by atoms with Crippen molar-refractivity contribution in [1.82, 2.24) is 0 Å². The lowest BCUT2D eigenvalue weighted by molar-refractivity contribution is 0.283. The molecule has 4 rings (SSSR count). The quantitative estimate of drug-likeness (QED) is 0.528. The zero-order valence-corrected chi connectivity index (χ0v) is 10.0. The first-order valence-corrected chi connectivity index (χ1v) is 6.06. The molecule has 0 bridgehead atoms. The number of hydrogen-bond acceptors (Lipinski definition) is 1. The Morgan fingerprint density at radius 2 is 1.28 bits per heavy atom. The van der Waals surface area contributed by atoms with Gasteiger partial charge in [0.1, 0.15) is 0 Å². The fraction of sp³-hybridized carbons (Fsp3) is 0.0588. The van der Waals surface area contributed by atoms with Gasteiger partial charge < -0.3 is 5.11 Å². The maximum absolute atomic E-state index is 9.04. The number of fused-ring (bicyclic) bond motifs is 2. The molecule has 0 heterocycles. The average Bonchev–Trinajstić information content (AvgIpc) is 2.42. The van der Waals surface area contributed by atoms with E-state index in [9.17, 15) is 0 Å². The highest BCUT2D eigenvalue weighted by molar-refractivity contribution is 5.85. The van der Waals surface area contributed by atoms with Gasteiger partial charge in [-0.1, -0.05) is 66.7 Å². The predicted molar refractivity (Wildman–Crippen MR) is 75.3 cm³/mol. The van der Waals surface area contributed by atoms with Crippen molar-refractivity contribution in [1.29, 1.82) is 0 Å². The van der Waals surface area contributed by atoms with Crippen molar-refractivity contribution >= 4 is 10.8 Å². The van der Waals surface area contributed by atoms with Gasteiger partial charge in [0.2, 0.25) is 0 Å². The zero-order valence-electron chi connectivity index (χ0n) is 10.0. The second-order valence-electron chi connectivity index (χ2n) is 4.37. The lowest BCUT2D eigenvalue weighted by Gasteiger charge is -2.10. The number of aliphatic hydroxyl groups is 1. The summed E-state index contributed by atoms with van der Waals surface area (Å²) < 4.78 is 0. The van der Waals surface area contributed by atoms with Crippen LogP contribution in [0.25, 0.3) is 21.9 Å². The molecule has 0 radical (unpaired) electrons. The van der Waals surface area contributed by atoms with Crippen LogP contribution in [0.2, 0.25) is 0 Å². The summed E-state index contributed by atoms with van der Waals surface area (Å²) >= 11 is 0. The van der Waals surface area contributed by atoms with Crippen LogP contribution in [0.1, 0.15) is 5.56 Å². The van der Waals surface area contributed by atoms with Crippen LogP contribution in [0.3, 0.4) is 0 Å². The monoisotopic (exact) mass is 234 g/mol. The number of benzene rings is 3. The molecule has 2 aromatic carbocycles. The van der Waals surface area contributed by atoms with Crippen molar-refractivity contribution in [2.75, 3.05) is 0 Å². The molecule has 18 heavy (non-hydrogen) atoms. The molecule has 88 valence electrons. The van der Waals surface area contributed by atoms with Gasteiger partial charge >= 0.3 is 0 Å². The van der Waals surface area contributed by atoms with Crippen LogP contribution < -0.4 is 0 Å². The largest absolute Gasteiger partial charge is 0.392 e. The summed E-state index contributed by atoms with van der Waals surface area (Å²) in [5.41, 5.74) is 3.85. The molecule has 1 nitrogen and oxygen atoms in total. The van der Waals surface area contributed by atoms with Crippen LogP contribution in [-0.2, 0) is 6.61 Å². The van der Waals surface area contributed by atoms with Gasteiger partial charge in [0.25, 0.3) is 0 Å². The van der Waals surface area contributed by atoms with Crippen molar-refractivity contribution in [2.24, 2.45) is 0 Å². The number of hydrogen-bond donors (Lipinski definition) is 1. The maximum Gasteiger partial charge on any atom is 0.0687 e. The van der Waals surface area contributed by atoms with E-state index in [1.54, 1.807) is 0 Å². The SMILES string of the molecule is OCc1cccc2ccccc12.c1cc2ccc1-2. The summed E-state index contributed by atoms with van der Waals surface area (Å²) in [5.74, 6) is 0. The van der Waals surface area contributed by atoms with E-state index in [2.05, 4.69) is 36.4 Å². The van der Waals surface area contributed by atoms with Gasteiger partial charge in [-0.15, -0.1) is 0 Å². The van der Waals surface area contributed by atoms with Gasteiger partial charge in [0.15, 0.2) is 0 Å². The average molecular weight is 234 g/mol. The molecule has 1 heteroatoms. The van der Waals surface area contributed by atoms with E-state index in [0.717, 1.165) is 10.9 Å². The van der Waals surface area contributed by atoms with Crippen LogP contribution in [0.15, 0.2) is 66.7 Å². The number of rotatable bonds is 1. The second-order valence-corrected chi connectivity index (χ2v) is 4.37. The molecular formula is C17H14O. The van der Waals surface area contributed by atoms with Gasteiger partial charge in [-0.05, 0) is 27.5 Å². The normalized spacial score (nSPS) is 10.7. The molecule has 0 saturated heterocycles. The Bertz CT molecular complexity index is 642. The fourth-order valence-corrected chi connectivity index (χ4v) is 2.09. The Morgan fingerprint density at radius 1 is 0.667 bits per heavy atom. The first-order chi connectivity index (χ1) is 8.88. The van der Waals surface area contributed by atoms with E-state index in [-0.39, 0.29) is 6.61 Å². The van der Waals surface area contributed by atoms with Crippen molar-refractivity contribution in [3.8, 4) is 11.1 Å². The van der Waals surface area contributed by atoms with Crippen LogP contribution in [0.5, 0.6) is 0 Å². The van der Waals surface area contributed by atoms with Gasteiger partial charge in [0, 0.05) is 0 Å². The lowest BCUT2D eigenvalue weighted by atomic mass is 9.95. The van der Waals surface area contributed by atoms with E-state index < -0.39 is 0 Å². The van der Waals surface area contributed by atoms with E-state index in [0.29, 0.717) is 0 Å². The Morgan fingerprint density at radius 3 is 1.83 bits per heavy atom. The van der Waals surface area contributed by atoms with E-state index >= 15 is 0 Å². The highest BCUT2D eigenvalue weighted by Gasteiger charge is 2.04. The van der Waals surface area contributed by atoms with Crippen molar-refractivity contribution in [3.63, 3.8) is 0 Å². The Balaban J connectivity index is 0.000000137. The molecule has 0 atom stereocenters. The molecule has 0 aliphatic heterocycles. The molecule has 2 aliphatic rings. The third kappa shape index (κ3) is 1.89. The molecule has 0 amide bonds. The van der Waals surface area contributed by atoms with Crippen LogP contribution >= 0.6 is 0 Å². The minimum absolute atomic E-state index is 0.112. The van der Waals surface area contributed by atoms with Gasteiger partial charge in [0.05, 0.1) is 6.61 Å². The lowest BCUT2D eigenvalue weighted by Crippen LogP contribution is -1.85. The molecule has 2 aromatic rings. The van der Waals surface area contributed by atoms with Crippen molar-refractivity contribution in [2.45, 2.75) is 6.61 Å². The summed E-state index contributed by atoms with van der Waals surface area (Å²) in [6, 6.07) is 22.5. The third-order valence-electron chi connectivity index (χ3n) is 3.27. The van der Waals surface area contributed by atoms with Crippen molar-refractivity contribution < 1.29 is 5.11 Å². The van der Waals surface area contributed by atoms with E-state index in [1.807, 2.05) is 30.3 Å². The van der Waals surface area contributed by atoms with Gasteiger partial charge in [-0.3, -0.25) is 0 Å². The summed E-state index contributed by atoms with van der Waals surface area (Å²) in [5, 5.41) is 11.4. The molecule has 0 saturated carbocycles. The molecule has 0 spiro atoms. The predicted octanol–water partition coefficient (Wildman–Crippen LogP) is 4.00. The standard InChI is InChI=1S/C11H10O.C6H4/c12-8-10-6-3-5-9-4-1-2-7-11(9)10;1-2-6-4-3-5(1)6/h1-7,12H,8H2;1-4H. The van der Waals surface area contributed by atoms with Crippen LogP contribution in [0, 0.1) is 0 Å². The zero-order chi connectivity index (χ0) is 12.4. The van der Waals surface area contributed by atoms with Gasteiger partial charge in [-0.2, -0.15) is 0 Å². The second kappa shape index (κ2) is 4.63. The molecule has 0 aromatic heterocycles. The highest BCUT2D eigenvalue weighted by Crippen LogP contribution is 2.29. The topological polar surface area (TPSA) is 20.2 Å². The summed E-state index contributed by atoms with van der Waals surface area (Å²) in [6.45, 7) is 0.112. The Hall–Kier alpha value is -2.12. The molecule has 0 unspecified atom stereocenters. The minimum Gasteiger partial charge on any atom is -0.392 e. The molecular weight excluding hydrogens is 220 g/mol. The summed E-state index contributed by atoms with van der Waals surface area (Å²) in [4.78, 5) is 0. The first kappa shape index (κ1) is 11.0. The number of aliphatic hydroxyl groups excluding tert-OH is 1. The van der Waals surface area contributed by atoms with Gasteiger partial charge in [-0.25, -0.2) is 0 Å². The fourth-order valence-electron chi connectivity index (χ4n) is 2.09. The first-order valence-electron chi connectivity index (χ1n) is 6.06. The van der Waals surface area contributed by atoms with E-state index in [4.69, 9.17) is 5.11 Å². The smallest absolute Gasteiger partial charge is 0.0687 e. The maximum atomic E-state index is 9.04. The molecule has 0 fully saturated rings. The van der Waals surface area contributed by atoms with Crippen molar-refractivity contribution in [3.05, 3.63) is 72.3 Å².